The molecule has 0 aromatic heterocycles. The molecule has 0 aliphatic heterocycles. The van der Waals surface area contributed by atoms with Gasteiger partial charge in [-0.25, -0.2) is 4.79 Å². The van der Waals surface area contributed by atoms with Crippen LogP contribution >= 0.6 is 0 Å². The van der Waals surface area contributed by atoms with E-state index < -0.39 is 5.97 Å². The number of nitrogens with zero attached hydrogens (tertiary/aromatic N) is 2. The van der Waals surface area contributed by atoms with Crippen LogP contribution in [0.2, 0.25) is 0 Å². The third-order valence-electron chi connectivity index (χ3n) is 2.61. The molecule has 0 radical (unpaired) electrons. The number of aromatic carboxylic acids is 1. The molecule has 0 fully saturated rings. The lowest BCUT2D eigenvalue weighted by molar-refractivity contribution is -0.120. The lowest BCUT2D eigenvalue weighted by Crippen LogP contribution is -2.38. The number of likely N-dealkylation sites (N-methyl/N-ethyl adjacent to an activating group) is 1. The number of hydrogen-bond donors (Lipinski definition) is 2. The molecule has 0 heterocycles. The van der Waals surface area contributed by atoms with Crippen molar-refractivity contribution >= 4 is 17.6 Å². The van der Waals surface area contributed by atoms with Crippen molar-refractivity contribution < 1.29 is 14.7 Å². The Hall–Kier alpha value is -2.55. The summed E-state index contributed by atoms with van der Waals surface area (Å²) in [5, 5.41) is 20.7. The molecule has 0 spiro atoms. The lowest BCUT2D eigenvalue weighted by atomic mass is 10.1. The summed E-state index contributed by atoms with van der Waals surface area (Å²) in [6.07, 6.45) is 0. The zero-order valence-corrected chi connectivity index (χ0v) is 11.7. The molecular weight excluding hydrogens is 258 g/mol. The van der Waals surface area contributed by atoms with Gasteiger partial charge < -0.3 is 15.3 Å². The maximum absolute atomic E-state index is 11.7. The number of amides is 1. The summed E-state index contributed by atoms with van der Waals surface area (Å²) < 4.78 is 0. The number of anilines is 1. The van der Waals surface area contributed by atoms with Gasteiger partial charge in [0.15, 0.2) is 0 Å². The predicted molar refractivity (Wildman–Crippen MR) is 74.7 cm³/mol. The molecule has 20 heavy (non-hydrogen) atoms. The van der Waals surface area contributed by atoms with Gasteiger partial charge in [0, 0.05) is 13.1 Å². The summed E-state index contributed by atoms with van der Waals surface area (Å²) in [5.74, 6) is -1.25. The van der Waals surface area contributed by atoms with Gasteiger partial charge in [-0.3, -0.25) is 4.79 Å². The van der Waals surface area contributed by atoms with Crippen molar-refractivity contribution in [3.8, 4) is 6.07 Å². The number of hydrogen-bond acceptors (Lipinski definition) is 4. The summed E-state index contributed by atoms with van der Waals surface area (Å²) in [6.45, 7) is 3.82. The molecule has 106 valence electrons. The van der Waals surface area contributed by atoms with Crippen LogP contribution in [-0.2, 0) is 4.79 Å². The quantitative estimate of drug-likeness (QED) is 0.842. The van der Waals surface area contributed by atoms with E-state index in [0.717, 1.165) is 0 Å². The van der Waals surface area contributed by atoms with E-state index in [1.807, 2.05) is 19.9 Å². The standard InChI is InChI=1S/C14H17N3O3/c1-9(2)16-13(18)8-17(3)12-5-4-10(14(19)20)6-11(12)7-15/h4-6,9H,8H2,1-3H3,(H,16,18)(H,19,20). The van der Waals surface area contributed by atoms with Gasteiger partial charge in [-0.05, 0) is 32.0 Å². The molecule has 0 saturated heterocycles. The van der Waals surface area contributed by atoms with Crippen LogP contribution in [0.15, 0.2) is 18.2 Å². The molecule has 6 heteroatoms. The van der Waals surface area contributed by atoms with E-state index in [0.29, 0.717) is 5.69 Å². The number of benzene rings is 1. The Morgan fingerprint density at radius 2 is 2.10 bits per heavy atom. The molecule has 1 amide bonds. The molecule has 1 aromatic carbocycles. The number of rotatable bonds is 5. The molecule has 0 bridgehead atoms. The minimum absolute atomic E-state index is 0.0423. The largest absolute Gasteiger partial charge is 0.478 e. The smallest absolute Gasteiger partial charge is 0.335 e. The van der Waals surface area contributed by atoms with Crippen LogP contribution in [-0.4, -0.2) is 36.6 Å². The highest BCUT2D eigenvalue weighted by Gasteiger charge is 2.14. The average Bonchev–Trinajstić information content (AvgIpc) is 2.36. The monoisotopic (exact) mass is 275 g/mol. The summed E-state index contributed by atoms with van der Waals surface area (Å²) in [6, 6.07) is 6.24. The molecule has 0 aliphatic rings. The minimum atomic E-state index is -1.09. The predicted octanol–water partition coefficient (Wildman–Crippen LogP) is 1.22. The van der Waals surface area contributed by atoms with E-state index >= 15 is 0 Å². The first-order valence-corrected chi connectivity index (χ1v) is 6.13. The topological polar surface area (TPSA) is 93.4 Å². The van der Waals surface area contributed by atoms with Crippen LogP contribution in [0.1, 0.15) is 29.8 Å². The molecule has 6 nitrogen and oxygen atoms in total. The van der Waals surface area contributed by atoms with Crippen molar-refractivity contribution in [2.75, 3.05) is 18.5 Å². The maximum atomic E-state index is 11.7. The average molecular weight is 275 g/mol. The molecule has 0 atom stereocenters. The third-order valence-corrected chi connectivity index (χ3v) is 2.61. The summed E-state index contributed by atoms with van der Waals surface area (Å²) in [4.78, 5) is 24.2. The van der Waals surface area contributed by atoms with Crippen molar-refractivity contribution in [1.82, 2.24) is 5.32 Å². The van der Waals surface area contributed by atoms with Gasteiger partial charge in [0.1, 0.15) is 6.07 Å². The van der Waals surface area contributed by atoms with Crippen molar-refractivity contribution in [2.24, 2.45) is 0 Å². The zero-order chi connectivity index (χ0) is 15.3. The minimum Gasteiger partial charge on any atom is -0.478 e. The lowest BCUT2D eigenvalue weighted by Gasteiger charge is -2.21. The van der Waals surface area contributed by atoms with Crippen molar-refractivity contribution in [2.45, 2.75) is 19.9 Å². The fourth-order valence-electron chi connectivity index (χ4n) is 1.76. The Morgan fingerprint density at radius 3 is 2.60 bits per heavy atom. The molecule has 0 aliphatic carbocycles. The zero-order valence-electron chi connectivity index (χ0n) is 11.7. The van der Waals surface area contributed by atoms with Crippen molar-refractivity contribution in [3.63, 3.8) is 0 Å². The molecule has 2 N–H and O–H groups in total. The SMILES string of the molecule is CC(C)NC(=O)CN(C)c1ccc(C(=O)O)cc1C#N. The second kappa shape index (κ2) is 6.57. The van der Waals surface area contributed by atoms with Crippen LogP contribution in [0.3, 0.4) is 0 Å². The molecule has 1 rings (SSSR count). The molecule has 0 saturated carbocycles. The number of nitrogens with one attached hydrogen (secondary N) is 1. The van der Waals surface area contributed by atoms with Gasteiger partial charge >= 0.3 is 5.97 Å². The number of carbonyl (C=O) groups excluding carboxylic acids is 1. The Labute approximate surface area is 117 Å². The maximum Gasteiger partial charge on any atom is 0.335 e. The Bertz CT molecular complexity index is 561. The highest BCUT2D eigenvalue weighted by atomic mass is 16.4. The van der Waals surface area contributed by atoms with Gasteiger partial charge in [-0.1, -0.05) is 0 Å². The first-order chi connectivity index (χ1) is 9.35. The Morgan fingerprint density at radius 1 is 1.45 bits per heavy atom. The van der Waals surface area contributed by atoms with Crippen molar-refractivity contribution in [3.05, 3.63) is 29.3 Å². The van der Waals surface area contributed by atoms with E-state index in [1.54, 1.807) is 11.9 Å². The highest BCUT2D eigenvalue weighted by molar-refractivity contribution is 5.89. The fraction of sp³-hybridized carbons (Fsp3) is 0.357. The van der Waals surface area contributed by atoms with Crippen LogP contribution in [0.4, 0.5) is 5.69 Å². The van der Waals surface area contributed by atoms with E-state index in [-0.39, 0.29) is 29.6 Å². The first-order valence-electron chi connectivity index (χ1n) is 6.13. The van der Waals surface area contributed by atoms with E-state index in [2.05, 4.69) is 5.32 Å². The van der Waals surface area contributed by atoms with E-state index in [4.69, 9.17) is 10.4 Å². The number of nitriles is 1. The van der Waals surface area contributed by atoms with E-state index in [1.165, 1.54) is 18.2 Å². The molecular formula is C14H17N3O3. The van der Waals surface area contributed by atoms with Gasteiger partial charge in [0.25, 0.3) is 0 Å². The Kier molecular flexibility index (Phi) is 5.09. The number of carboxylic acid groups (broad SMARTS) is 1. The summed E-state index contributed by atoms with van der Waals surface area (Å²) in [7, 11) is 1.68. The molecule has 0 unspecified atom stereocenters. The second-order valence-electron chi connectivity index (χ2n) is 4.73. The van der Waals surface area contributed by atoms with Crippen LogP contribution < -0.4 is 10.2 Å². The van der Waals surface area contributed by atoms with Crippen LogP contribution in [0.25, 0.3) is 0 Å². The third kappa shape index (κ3) is 3.99. The normalized spacial score (nSPS) is 9.95. The van der Waals surface area contributed by atoms with Gasteiger partial charge in [0.2, 0.25) is 5.91 Å². The van der Waals surface area contributed by atoms with Crippen molar-refractivity contribution in [1.29, 1.82) is 5.26 Å². The van der Waals surface area contributed by atoms with E-state index in [9.17, 15) is 9.59 Å². The van der Waals surface area contributed by atoms with Gasteiger partial charge in [-0.2, -0.15) is 5.26 Å². The van der Waals surface area contributed by atoms with Crippen LogP contribution in [0, 0.1) is 11.3 Å². The first kappa shape index (κ1) is 15.5. The van der Waals surface area contributed by atoms with Gasteiger partial charge in [-0.15, -0.1) is 0 Å². The van der Waals surface area contributed by atoms with Crippen LogP contribution in [0.5, 0.6) is 0 Å². The number of carbonyl (C=O) groups is 2. The van der Waals surface area contributed by atoms with Gasteiger partial charge in [0.05, 0.1) is 23.4 Å². The Balaban J connectivity index is 2.93. The second-order valence-corrected chi connectivity index (χ2v) is 4.73. The highest BCUT2D eigenvalue weighted by Crippen LogP contribution is 2.20. The summed E-state index contributed by atoms with van der Waals surface area (Å²) in [5.41, 5.74) is 0.798. The summed E-state index contributed by atoms with van der Waals surface area (Å²) >= 11 is 0. The fourth-order valence-corrected chi connectivity index (χ4v) is 1.76. The number of carboxylic acids is 1. The molecule has 1 aromatic rings.